The molecule has 1 aromatic carbocycles. The SMILES string of the molecule is NC(=O)C1=c2c[c]c(Cl)cc2=C[N]C1=O. The number of benzene rings is 1. The molecular weight excluding hydrogens is 216 g/mol. The van der Waals surface area contributed by atoms with Crippen LogP contribution in [0, 0.1) is 6.07 Å². The number of nitrogens with two attached hydrogens (primary N) is 1. The van der Waals surface area contributed by atoms with Crippen LogP contribution in [0.1, 0.15) is 0 Å². The molecule has 2 radical (unpaired) electrons. The molecule has 2 N–H and O–H groups in total. The molecule has 0 bridgehead atoms. The van der Waals surface area contributed by atoms with Crippen molar-refractivity contribution in [1.82, 2.24) is 5.32 Å². The monoisotopic (exact) mass is 220 g/mol. The Labute approximate surface area is 90.0 Å². The Morgan fingerprint density at radius 2 is 2.27 bits per heavy atom. The number of hydrogen-bond donors (Lipinski definition) is 1. The molecule has 5 heteroatoms. The van der Waals surface area contributed by atoms with Crippen molar-refractivity contribution < 1.29 is 9.59 Å². The number of primary amides is 1. The molecule has 2 rings (SSSR count). The first-order valence-electron chi connectivity index (χ1n) is 4.06. The van der Waals surface area contributed by atoms with Crippen LogP contribution in [0.4, 0.5) is 0 Å². The molecule has 0 aromatic heterocycles. The molecule has 0 saturated carbocycles. The number of halogens is 1. The van der Waals surface area contributed by atoms with Crippen molar-refractivity contribution in [2.75, 3.05) is 0 Å². The Balaban J connectivity index is 2.90. The summed E-state index contributed by atoms with van der Waals surface area (Å²) in [5.74, 6) is -1.43. The van der Waals surface area contributed by atoms with Gasteiger partial charge in [0.15, 0.2) is 0 Å². The lowest BCUT2D eigenvalue weighted by atomic mass is 10.1. The van der Waals surface area contributed by atoms with Crippen molar-refractivity contribution in [3.8, 4) is 0 Å². The van der Waals surface area contributed by atoms with Crippen LogP contribution in [0.5, 0.6) is 0 Å². The van der Waals surface area contributed by atoms with Gasteiger partial charge in [0.05, 0.1) is 0 Å². The van der Waals surface area contributed by atoms with Gasteiger partial charge in [-0.3, -0.25) is 9.59 Å². The van der Waals surface area contributed by atoms with Crippen LogP contribution in [-0.4, -0.2) is 11.8 Å². The summed E-state index contributed by atoms with van der Waals surface area (Å²) < 4.78 is 0. The van der Waals surface area contributed by atoms with Crippen LogP contribution in [0.25, 0.3) is 11.8 Å². The van der Waals surface area contributed by atoms with E-state index in [1.807, 2.05) is 0 Å². The Hall–Kier alpha value is -1.81. The normalized spacial score (nSPS) is 13.9. The van der Waals surface area contributed by atoms with Crippen LogP contribution >= 0.6 is 11.6 Å². The van der Waals surface area contributed by atoms with Gasteiger partial charge in [0.2, 0.25) is 0 Å². The first-order valence-corrected chi connectivity index (χ1v) is 4.44. The molecule has 1 heterocycles. The predicted octanol–water partition coefficient (Wildman–Crippen LogP) is -1.34. The third-order valence-corrected chi connectivity index (χ3v) is 2.22. The smallest absolute Gasteiger partial charge is 0.283 e. The van der Waals surface area contributed by atoms with Crippen LogP contribution < -0.4 is 21.5 Å². The molecule has 74 valence electrons. The molecule has 0 aliphatic carbocycles. The van der Waals surface area contributed by atoms with Gasteiger partial charge < -0.3 is 5.73 Å². The van der Waals surface area contributed by atoms with Crippen molar-refractivity contribution in [1.29, 1.82) is 0 Å². The van der Waals surface area contributed by atoms with E-state index in [4.69, 9.17) is 17.3 Å². The summed E-state index contributed by atoms with van der Waals surface area (Å²) in [6, 6.07) is 5.71. The summed E-state index contributed by atoms with van der Waals surface area (Å²) in [6.45, 7) is 0. The maximum atomic E-state index is 11.3. The van der Waals surface area contributed by atoms with Crippen molar-refractivity contribution >= 4 is 35.2 Å². The molecule has 1 aliphatic rings. The van der Waals surface area contributed by atoms with E-state index in [0.29, 0.717) is 15.5 Å². The highest BCUT2D eigenvalue weighted by molar-refractivity contribution is 6.40. The molecule has 4 nitrogen and oxygen atoms in total. The van der Waals surface area contributed by atoms with E-state index in [0.717, 1.165) is 0 Å². The molecule has 0 spiro atoms. The van der Waals surface area contributed by atoms with Gasteiger partial charge in [-0.2, -0.15) is 0 Å². The highest BCUT2D eigenvalue weighted by Gasteiger charge is 2.19. The lowest BCUT2D eigenvalue weighted by Crippen LogP contribution is -2.41. The summed E-state index contributed by atoms with van der Waals surface area (Å²) in [7, 11) is 0. The highest BCUT2D eigenvalue weighted by atomic mass is 35.5. The van der Waals surface area contributed by atoms with E-state index in [1.165, 1.54) is 12.3 Å². The topological polar surface area (TPSA) is 74.3 Å². The largest absolute Gasteiger partial charge is 0.365 e. The first-order chi connectivity index (χ1) is 7.09. The van der Waals surface area contributed by atoms with Crippen LogP contribution in [0.3, 0.4) is 0 Å². The molecule has 2 amide bonds. The zero-order valence-electron chi connectivity index (χ0n) is 7.45. The van der Waals surface area contributed by atoms with Crippen molar-refractivity contribution in [3.05, 3.63) is 33.7 Å². The van der Waals surface area contributed by atoms with Crippen LogP contribution in [0.2, 0.25) is 5.02 Å². The fourth-order valence-corrected chi connectivity index (χ4v) is 1.52. The minimum absolute atomic E-state index is 0.125. The standard InChI is InChI=1S/C10H5ClN2O2/c11-6-1-2-7-5(3-6)4-13-10(15)8(7)9(12)14/h2-4H,(H2,12,14). The van der Waals surface area contributed by atoms with Gasteiger partial charge in [0.25, 0.3) is 11.8 Å². The molecule has 0 atom stereocenters. The van der Waals surface area contributed by atoms with Gasteiger partial charge >= 0.3 is 0 Å². The Morgan fingerprint density at radius 3 is 2.93 bits per heavy atom. The minimum Gasteiger partial charge on any atom is -0.365 e. The van der Waals surface area contributed by atoms with E-state index >= 15 is 0 Å². The summed E-state index contributed by atoms with van der Waals surface area (Å²) in [6.07, 6.45) is 1.35. The second-order valence-electron chi connectivity index (χ2n) is 2.95. The molecule has 0 fully saturated rings. The second-order valence-corrected chi connectivity index (χ2v) is 3.36. The second kappa shape index (κ2) is 3.40. The molecule has 0 saturated heterocycles. The lowest BCUT2D eigenvalue weighted by molar-refractivity contribution is -0.118. The first kappa shape index (κ1) is 9.73. The van der Waals surface area contributed by atoms with E-state index in [-0.39, 0.29) is 5.57 Å². The quantitative estimate of drug-likeness (QED) is 0.636. The van der Waals surface area contributed by atoms with Gasteiger partial charge in [-0.1, -0.05) is 11.6 Å². The number of carbonyl (C=O) groups excluding carboxylic acids is 2. The maximum Gasteiger partial charge on any atom is 0.283 e. The summed E-state index contributed by atoms with van der Waals surface area (Å²) >= 11 is 5.71. The number of fused-ring (bicyclic) bond motifs is 1. The van der Waals surface area contributed by atoms with Crippen molar-refractivity contribution in [3.63, 3.8) is 0 Å². The fraction of sp³-hybridized carbons (Fsp3) is 0. The average Bonchev–Trinajstić information content (AvgIpc) is 2.17. The molecule has 1 aliphatic heterocycles. The zero-order valence-corrected chi connectivity index (χ0v) is 8.21. The number of amides is 2. The third-order valence-electron chi connectivity index (χ3n) is 2.00. The van der Waals surface area contributed by atoms with Gasteiger partial charge in [0, 0.05) is 27.7 Å². The summed E-state index contributed by atoms with van der Waals surface area (Å²) in [5, 5.41) is 4.94. The summed E-state index contributed by atoms with van der Waals surface area (Å²) in [4.78, 5) is 22.4. The molecule has 15 heavy (non-hydrogen) atoms. The number of rotatable bonds is 1. The van der Waals surface area contributed by atoms with E-state index < -0.39 is 11.8 Å². The van der Waals surface area contributed by atoms with Crippen molar-refractivity contribution in [2.24, 2.45) is 5.73 Å². The van der Waals surface area contributed by atoms with Crippen LogP contribution in [-0.2, 0) is 9.59 Å². The average molecular weight is 221 g/mol. The van der Waals surface area contributed by atoms with Gasteiger partial charge in [-0.15, -0.1) is 0 Å². The lowest BCUT2D eigenvalue weighted by Gasteiger charge is -2.05. The van der Waals surface area contributed by atoms with Gasteiger partial charge in [-0.05, 0) is 12.1 Å². The Kier molecular flexibility index (Phi) is 2.21. The Bertz CT molecular complexity index is 578. The van der Waals surface area contributed by atoms with E-state index in [9.17, 15) is 9.59 Å². The van der Waals surface area contributed by atoms with E-state index in [2.05, 4.69) is 11.4 Å². The highest BCUT2D eigenvalue weighted by Crippen LogP contribution is 2.02. The number of nitrogens with zero attached hydrogens (tertiary/aromatic N) is 1. The third kappa shape index (κ3) is 1.59. The van der Waals surface area contributed by atoms with Crippen LogP contribution in [0.15, 0.2) is 12.1 Å². The molecule has 0 unspecified atom stereocenters. The van der Waals surface area contributed by atoms with Crippen molar-refractivity contribution in [2.45, 2.75) is 0 Å². The Morgan fingerprint density at radius 1 is 1.53 bits per heavy atom. The number of carbonyl (C=O) groups is 2. The summed E-state index contributed by atoms with van der Waals surface area (Å²) in [5.41, 5.74) is 4.97. The zero-order chi connectivity index (χ0) is 11.0. The fourth-order valence-electron chi connectivity index (χ4n) is 1.35. The predicted molar refractivity (Wildman–Crippen MR) is 53.7 cm³/mol. The van der Waals surface area contributed by atoms with Gasteiger partial charge in [0.1, 0.15) is 5.57 Å². The van der Waals surface area contributed by atoms with Gasteiger partial charge in [-0.25, -0.2) is 5.32 Å². The minimum atomic E-state index is -0.797. The van der Waals surface area contributed by atoms with E-state index in [1.54, 1.807) is 6.07 Å². The molecule has 1 aromatic rings. The number of hydrogen-bond acceptors (Lipinski definition) is 2. The maximum absolute atomic E-state index is 11.3. The molecular formula is C10H5ClN2O2.